The first-order valence-corrected chi connectivity index (χ1v) is 15.4. The van der Waals surface area contributed by atoms with Gasteiger partial charge < -0.3 is 11.1 Å². The smallest absolute Gasteiger partial charge is 0.243 e. The lowest BCUT2D eigenvalue weighted by atomic mass is 9.82. The van der Waals surface area contributed by atoms with Gasteiger partial charge in [0.2, 0.25) is 21.8 Å². The van der Waals surface area contributed by atoms with E-state index >= 15 is 0 Å². The standard InChI is InChI=1S/C29H43N3O5S/c1-4-5-6-23-7-11-26(12-8-23)27(34)31-29(28(30)35)14-16-32(17-15-29)38(36,37)18-13-25-10-9-24(19-21(25)2)20-22(3)33/h6,9-10,19,26H,4-5,7-8,11-18,20H2,1-3H3,(H2,30,35)(H,31,34). The van der Waals surface area contributed by atoms with Gasteiger partial charge in [-0.15, -0.1) is 0 Å². The number of hydrogen-bond donors (Lipinski definition) is 2. The fourth-order valence-electron chi connectivity index (χ4n) is 5.52. The van der Waals surface area contributed by atoms with E-state index in [1.54, 1.807) is 6.92 Å². The Kier molecular flexibility index (Phi) is 10.3. The predicted molar refractivity (Wildman–Crippen MR) is 149 cm³/mol. The minimum Gasteiger partial charge on any atom is -0.368 e. The van der Waals surface area contributed by atoms with Gasteiger partial charge in [0.15, 0.2) is 0 Å². The summed E-state index contributed by atoms with van der Waals surface area (Å²) in [6.45, 7) is 5.89. The number of ketones is 1. The van der Waals surface area contributed by atoms with Crippen LogP contribution in [-0.4, -0.2) is 54.7 Å². The summed E-state index contributed by atoms with van der Waals surface area (Å²) in [5.41, 5.74) is 8.75. The van der Waals surface area contributed by atoms with Gasteiger partial charge in [-0.2, -0.15) is 0 Å². The number of unbranched alkanes of at least 4 members (excludes halogenated alkanes) is 1. The summed E-state index contributed by atoms with van der Waals surface area (Å²) in [4.78, 5) is 36.9. The summed E-state index contributed by atoms with van der Waals surface area (Å²) >= 11 is 0. The molecule has 3 N–H and O–H groups in total. The summed E-state index contributed by atoms with van der Waals surface area (Å²) in [5.74, 6) is -0.884. The van der Waals surface area contributed by atoms with E-state index in [2.05, 4.69) is 18.3 Å². The van der Waals surface area contributed by atoms with Crippen molar-refractivity contribution >= 4 is 27.6 Å². The Morgan fingerprint density at radius 3 is 2.37 bits per heavy atom. The van der Waals surface area contributed by atoms with Crippen molar-refractivity contribution in [1.82, 2.24) is 9.62 Å². The number of sulfonamides is 1. The molecule has 0 unspecified atom stereocenters. The van der Waals surface area contributed by atoms with E-state index in [-0.39, 0.29) is 49.3 Å². The zero-order chi connectivity index (χ0) is 27.9. The van der Waals surface area contributed by atoms with Crippen molar-refractivity contribution in [1.29, 1.82) is 0 Å². The van der Waals surface area contributed by atoms with E-state index in [1.807, 2.05) is 25.1 Å². The average molecular weight is 546 g/mol. The molecule has 9 heteroatoms. The van der Waals surface area contributed by atoms with Crippen LogP contribution in [0.25, 0.3) is 0 Å². The van der Waals surface area contributed by atoms with Gasteiger partial charge in [-0.25, -0.2) is 12.7 Å². The van der Waals surface area contributed by atoms with Gasteiger partial charge in [0, 0.05) is 25.4 Å². The van der Waals surface area contributed by atoms with Crippen LogP contribution in [0.2, 0.25) is 0 Å². The molecule has 0 bridgehead atoms. The van der Waals surface area contributed by atoms with Crippen molar-refractivity contribution in [2.75, 3.05) is 18.8 Å². The summed E-state index contributed by atoms with van der Waals surface area (Å²) in [7, 11) is -3.56. The molecule has 0 aromatic heterocycles. The molecule has 1 aromatic rings. The Hall–Kier alpha value is -2.52. The highest BCUT2D eigenvalue weighted by Gasteiger charge is 2.44. The minimum absolute atomic E-state index is 0.0498. The molecule has 3 rings (SSSR count). The lowest BCUT2D eigenvalue weighted by Crippen LogP contribution is -2.63. The van der Waals surface area contributed by atoms with Crippen molar-refractivity contribution in [2.24, 2.45) is 11.7 Å². The van der Waals surface area contributed by atoms with E-state index in [0.29, 0.717) is 12.8 Å². The van der Waals surface area contributed by atoms with Crippen molar-refractivity contribution in [3.63, 3.8) is 0 Å². The topological polar surface area (TPSA) is 127 Å². The number of piperidine rings is 1. The van der Waals surface area contributed by atoms with Gasteiger partial charge >= 0.3 is 0 Å². The highest BCUT2D eigenvalue weighted by Crippen LogP contribution is 2.31. The molecule has 1 saturated heterocycles. The lowest BCUT2D eigenvalue weighted by Gasteiger charge is -2.40. The fraction of sp³-hybridized carbons (Fsp3) is 0.621. The van der Waals surface area contributed by atoms with Crippen LogP contribution in [0.3, 0.4) is 0 Å². The van der Waals surface area contributed by atoms with Crippen LogP contribution in [0, 0.1) is 12.8 Å². The first kappa shape index (κ1) is 30.0. The van der Waals surface area contributed by atoms with Crippen LogP contribution in [0.15, 0.2) is 29.8 Å². The Bertz CT molecular complexity index is 1160. The number of primary amides is 1. The third-order valence-electron chi connectivity index (χ3n) is 8.01. The molecule has 2 amide bonds. The van der Waals surface area contributed by atoms with E-state index in [4.69, 9.17) is 5.73 Å². The van der Waals surface area contributed by atoms with E-state index in [0.717, 1.165) is 55.2 Å². The van der Waals surface area contributed by atoms with E-state index in [1.165, 1.54) is 9.88 Å². The lowest BCUT2D eigenvalue weighted by molar-refractivity contribution is -0.135. The number of amides is 2. The van der Waals surface area contributed by atoms with Gasteiger partial charge in [0.25, 0.3) is 0 Å². The first-order valence-electron chi connectivity index (χ1n) is 13.8. The number of Topliss-reactive ketones (excluding diaryl/α,β-unsaturated/α-hetero) is 1. The second-order valence-electron chi connectivity index (χ2n) is 11.0. The van der Waals surface area contributed by atoms with Crippen LogP contribution in [-0.2, 0) is 37.2 Å². The molecule has 1 aliphatic carbocycles. The van der Waals surface area contributed by atoms with Crippen LogP contribution in [0.5, 0.6) is 0 Å². The molecule has 38 heavy (non-hydrogen) atoms. The van der Waals surface area contributed by atoms with Crippen LogP contribution in [0.1, 0.15) is 81.9 Å². The van der Waals surface area contributed by atoms with E-state index < -0.39 is 21.5 Å². The number of aryl methyl sites for hydroxylation is 2. The highest BCUT2D eigenvalue weighted by molar-refractivity contribution is 7.89. The van der Waals surface area contributed by atoms with Crippen LogP contribution >= 0.6 is 0 Å². The second kappa shape index (κ2) is 13.0. The number of nitrogens with one attached hydrogen (secondary N) is 1. The quantitative estimate of drug-likeness (QED) is 0.412. The molecule has 0 atom stereocenters. The molecule has 8 nitrogen and oxygen atoms in total. The Morgan fingerprint density at radius 2 is 1.82 bits per heavy atom. The van der Waals surface area contributed by atoms with Crippen LogP contribution < -0.4 is 11.1 Å². The average Bonchev–Trinajstić information content (AvgIpc) is 2.87. The third-order valence-corrected chi connectivity index (χ3v) is 9.89. The van der Waals surface area contributed by atoms with Gasteiger partial charge in [-0.05, 0) is 81.9 Å². The monoisotopic (exact) mass is 545 g/mol. The van der Waals surface area contributed by atoms with Crippen molar-refractivity contribution in [3.8, 4) is 0 Å². The third kappa shape index (κ3) is 7.76. The van der Waals surface area contributed by atoms with Crippen LogP contribution in [0.4, 0.5) is 0 Å². The van der Waals surface area contributed by atoms with Gasteiger partial charge in [-0.3, -0.25) is 14.4 Å². The molecule has 1 saturated carbocycles. The molecule has 0 spiro atoms. The largest absolute Gasteiger partial charge is 0.368 e. The number of nitrogens with zero attached hydrogens (tertiary/aromatic N) is 1. The number of nitrogens with two attached hydrogens (primary N) is 1. The number of hydrogen-bond acceptors (Lipinski definition) is 5. The Labute approximate surface area is 227 Å². The maximum atomic E-state index is 13.1. The van der Waals surface area contributed by atoms with Gasteiger partial charge in [0.1, 0.15) is 11.3 Å². The van der Waals surface area contributed by atoms with Gasteiger partial charge in [-0.1, -0.05) is 43.2 Å². The molecule has 0 radical (unpaired) electrons. The van der Waals surface area contributed by atoms with Crippen molar-refractivity contribution in [2.45, 2.75) is 90.5 Å². The highest BCUT2D eigenvalue weighted by atomic mass is 32.2. The number of carbonyl (C=O) groups excluding carboxylic acids is 3. The zero-order valence-electron chi connectivity index (χ0n) is 23.1. The summed E-state index contributed by atoms with van der Waals surface area (Å²) < 4.78 is 27.6. The zero-order valence-corrected chi connectivity index (χ0v) is 23.9. The molecule has 2 aliphatic rings. The van der Waals surface area contributed by atoms with Crippen molar-refractivity contribution < 1.29 is 22.8 Å². The normalized spacial score (nSPS) is 20.1. The number of allylic oxidation sites excluding steroid dienone is 2. The Balaban J connectivity index is 1.56. The number of rotatable bonds is 11. The molecular weight excluding hydrogens is 502 g/mol. The molecule has 1 aliphatic heterocycles. The summed E-state index contributed by atoms with van der Waals surface area (Å²) in [6, 6.07) is 5.69. The molecule has 2 fully saturated rings. The Morgan fingerprint density at radius 1 is 1.16 bits per heavy atom. The summed E-state index contributed by atoms with van der Waals surface area (Å²) in [6.07, 6.45) is 8.81. The maximum Gasteiger partial charge on any atom is 0.243 e. The second-order valence-corrected chi connectivity index (χ2v) is 13.1. The van der Waals surface area contributed by atoms with Crippen molar-refractivity contribution in [3.05, 3.63) is 46.5 Å². The van der Waals surface area contributed by atoms with Gasteiger partial charge in [0.05, 0.1) is 5.75 Å². The number of carbonyl (C=O) groups is 3. The molecule has 210 valence electrons. The first-order chi connectivity index (χ1) is 18.0. The predicted octanol–water partition coefficient (Wildman–Crippen LogP) is 3.35. The van der Waals surface area contributed by atoms with E-state index in [9.17, 15) is 22.8 Å². The maximum absolute atomic E-state index is 13.1. The molecular formula is C29H43N3O5S. The molecule has 1 aromatic carbocycles. The SMILES string of the molecule is CCCC=C1CCC(C(=O)NC2(C(N)=O)CCN(S(=O)(=O)CCc3ccc(CC(C)=O)cc3C)CC2)CC1. The minimum atomic E-state index is -3.56. The summed E-state index contributed by atoms with van der Waals surface area (Å²) in [5, 5.41) is 2.94. The molecule has 1 heterocycles. The number of benzene rings is 1. The fourth-order valence-corrected chi connectivity index (χ4v) is 7.00.